The molecule has 1 amide bonds. The second kappa shape index (κ2) is 6.61. The smallest absolute Gasteiger partial charge is 0.259 e. The van der Waals surface area contributed by atoms with Gasteiger partial charge < -0.3 is 15.0 Å². The van der Waals surface area contributed by atoms with Crippen LogP contribution in [0.5, 0.6) is 5.75 Å². The van der Waals surface area contributed by atoms with Gasteiger partial charge in [0.25, 0.3) is 5.91 Å². The Balaban J connectivity index is 2.66. The van der Waals surface area contributed by atoms with Gasteiger partial charge in [-0.25, -0.2) is 0 Å². The van der Waals surface area contributed by atoms with Crippen molar-refractivity contribution >= 4 is 21.8 Å². The first kappa shape index (κ1) is 14.0. The fourth-order valence-corrected chi connectivity index (χ4v) is 1.63. The number of carbonyl (C=O) groups is 1. The summed E-state index contributed by atoms with van der Waals surface area (Å²) in [7, 11) is 5.30. The van der Waals surface area contributed by atoms with Gasteiger partial charge in [0.15, 0.2) is 6.61 Å². The first-order valence-corrected chi connectivity index (χ1v) is 6.10. The summed E-state index contributed by atoms with van der Waals surface area (Å²) >= 11 is 3.46. The van der Waals surface area contributed by atoms with E-state index in [9.17, 15) is 4.79 Å². The monoisotopic (exact) mass is 300 g/mol. The van der Waals surface area contributed by atoms with Gasteiger partial charge in [0.2, 0.25) is 0 Å². The lowest BCUT2D eigenvalue weighted by Crippen LogP contribution is -2.27. The van der Waals surface area contributed by atoms with E-state index in [1.165, 1.54) is 4.90 Å². The lowest BCUT2D eigenvalue weighted by Gasteiger charge is -2.12. The van der Waals surface area contributed by atoms with Crippen LogP contribution in [0.2, 0.25) is 0 Å². The van der Waals surface area contributed by atoms with Crippen LogP contribution in [0.15, 0.2) is 22.7 Å². The first-order valence-electron chi connectivity index (χ1n) is 5.30. The molecular formula is C12H17BrN2O2. The van der Waals surface area contributed by atoms with Crippen LogP contribution >= 0.6 is 15.9 Å². The molecule has 1 aromatic carbocycles. The Morgan fingerprint density at radius 1 is 1.47 bits per heavy atom. The molecule has 5 heteroatoms. The molecule has 0 saturated heterocycles. The van der Waals surface area contributed by atoms with Crippen molar-refractivity contribution in [3.05, 3.63) is 28.2 Å². The maximum Gasteiger partial charge on any atom is 0.259 e. The molecule has 17 heavy (non-hydrogen) atoms. The number of hydrogen-bond acceptors (Lipinski definition) is 3. The van der Waals surface area contributed by atoms with Gasteiger partial charge in [0, 0.05) is 25.1 Å². The number of amides is 1. The summed E-state index contributed by atoms with van der Waals surface area (Å²) < 4.78 is 6.46. The van der Waals surface area contributed by atoms with E-state index in [2.05, 4.69) is 21.2 Å². The molecule has 1 rings (SSSR count). The number of likely N-dealkylation sites (N-methyl/N-ethyl adjacent to an activating group) is 1. The minimum absolute atomic E-state index is 0.0527. The second-order valence-corrected chi connectivity index (χ2v) is 4.71. The first-order chi connectivity index (χ1) is 8.04. The van der Waals surface area contributed by atoms with Crippen molar-refractivity contribution in [1.29, 1.82) is 0 Å². The second-order valence-electron chi connectivity index (χ2n) is 3.86. The number of ether oxygens (including phenoxy) is 1. The zero-order valence-electron chi connectivity index (χ0n) is 10.3. The molecule has 1 N–H and O–H groups in total. The third-order valence-electron chi connectivity index (χ3n) is 2.25. The topological polar surface area (TPSA) is 41.6 Å². The molecule has 0 aliphatic heterocycles. The molecule has 0 unspecified atom stereocenters. The summed E-state index contributed by atoms with van der Waals surface area (Å²) in [4.78, 5) is 12.9. The Bertz CT molecular complexity index is 394. The van der Waals surface area contributed by atoms with Crippen LogP contribution in [-0.2, 0) is 11.3 Å². The van der Waals surface area contributed by atoms with Crippen LogP contribution in [0, 0.1) is 0 Å². The SMILES string of the molecule is CNCc1cc(OCC(=O)N(C)C)ccc1Br. The number of halogens is 1. The van der Waals surface area contributed by atoms with Crippen molar-refractivity contribution in [2.75, 3.05) is 27.7 Å². The number of hydrogen-bond donors (Lipinski definition) is 1. The largest absolute Gasteiger partial charge is 0.484 e. The molecule has 1 aromatic rings. The predicted molar refractivity (Wildman–Crippen MR) is 71.1 cm³/mol. The Morgan fingerprint density at radius 2 is 2.18 bits per heavy atom. The van der Waals surface area contributed by atoms with E-state index in [1.54, 1.807) is 14.1 Å². The Morgan fingerprint density at radius 3 is 2.76 bits per heavy atom. The minimum atomic E-state index is -0.0527. The summed E-state index contributed by atoms with van der Waals surface area (Å²) in [6.07, 6.45) is 0. The zero-order chi connectivity index (χ0) is 12.8. The number of rotatable bonds is 5. The summed E-state index contributed by atoms with van der Waals surface area (Å²) in [6, 6.07) is 5.68. The molecule has 4 nitrogen and oxygen atoms in total. The Hall–Kier alpha value is -1.07. The number of benzene rings is 1. The van der Waals surface area contributed by atoms with Crippen LogP contribution in [-0.4, -0.2) is 38.6 Å². The molecule has 0 aromatic heterocycles. The summed E-state index contributed by atoms with van der Waals surface area (Å²) in [5, 5.41) is 3.07. The van der Waals surface area contributed by atoms with E-state index in [-0.39, 0.29) is 12.5 Å². The number of nitrogens with one attached hydrogen (secondary N) is 1. The van der Waals surface area contributed by atoms with Gasteiger partial charge >= 0.3 is 0 Å². The quantitative estimate of drug-likeness (QED) is 0.899. The van der Waals surface area contributed by atoms with E-state index in [0.717, 1.165) is 16.6 Å². The van der Waals surface area contributed by atoms with Crippen molar-refractivity contribution < 1.29 is 9.53 Å². The van der Waals surface area contributed by atoms with Crippen LogP contribution in [0.25, 0.3) is 0 Å². The van der Waals surface area contributed by atoms with E-state index in [1.807, 2.05) is 25.2 Å². The van der Waals surface area contributed by atoms with Gasteiger partial charge in [0.05, 0.1) is 0 Å². The molecule has 0 fully saturated rings. The normalized spacial score (nSPS) is 10.1. The van der Waals surface area contributed by atoms with Gasteiger partial charge in [-0.3, -0.25) is 4.79 Å². The van der Waals surface area contributed by atoms with Crippen molar-refractivity contribution in [3.8, 4) is 5.75 Å². The molecule has 0 bridgehead atoms. The molecule has 0 radical (unpaired) electrons. The third kappa shape index (κ3) is 4.36. The number of carbonyl (C=O) groups excluding carboxylic acids is 1. The highest BCUT2D eigenvalue weighted by molar-refractivity contribution is 9.10. The van der Waals surface area contributed by atoms with Crippen molar-refractivity contribution in [2.24, 2.45) is 0 Å². The highest BCUT2D eigenvalue weighted by Gasteiger charge is 2.06. The predicted octanol–water partition coefficient (Wildman–Crippen LogP) is 1.64. The highest BCUT2D eigenvalue weighted by atomic mass is 79.9. The van der Waals surface area contributed by atoms with Gasteiger partial charge in [-0.05, 0) is 30.8 Å². The van der Waals surface area contributed by atoms with Crippen molar-refractivity contribution in [2.45, 2.75) is 6.54 Å². The highest BCUT2D eigenvalue weighted by Crippen LogP contribution is 2.22. The van der Waals surface area contributed by atoms with Crippen molar-refractivity contribution in [3.63, 3.8) is 0 Å². The maximum absolute atomic E-state index is 11.4. The van der Waals surface area contributed by atoms with E-state index < -0.39 is 0 Å². The van der Waals surface area contributed by atoms with E-state index >= 15 is 0 Å². The van der Waals surface area contributed by atoms with Gasteiger partial charge in [-0.1, -0.05) is 15.9 Å². The zero-order valence-corrected chi connectivity index (χ0v) is 11.9. The van der Waals surface area contributed by atoms with Crippen LogP contribution in [0.1, 0.15) is 5.56 Å². The van der Waals surface area contributed by atoms with Crippen LogP contribution in [0.4, 0.5) is 0 Å². The van der Waals surface area contributed by atoms with Crippen LogP contribution < -0.4 is 10.1 Å². The fraction of sp³-hybridized carbons (Fsp3) is 0.417. The molecular weight excluding hydrogens is 284 g/mol. The molecule has 94 valence electrons. The molecule has 0 aliphatic carbocycles. The minimum Gasteiger partial charge on any atom is -0.484 e. The standard InChI is InChI=1S/C12H17BrN2O2/c1-14-7-9-6-10(4-5-11(9)13)17-8-12(16)15(2)3/h4-6,14H,7-8H2,1-3H3. The summed E-state index contributed by atoms with van der Waals surface area (Å²) in [5.41, 5.74) is 1.10. The lowest BCUT2D eigenvalue weighted by atomic mass is 10.2. The molecule has 0 aliphatic rings. The van der Waals surface area contributed by atoms with Gasteiger partial charge in [-0.2, -0.15) is 0 Å². The molecule has 0 spiro atoms. The fourth-order valence-electron chi connectivity index (χ4n) is 1.24. The number of nitrogens with zero attached hydrogens (tertiary/aromatic N) is 1. The molecule has 0 atom stereocenters. The average molecular weight is 301 g/mol. The summed E-state index contributed by atoms with van der Waals surface area (Å²) in [5.74, 6) is 0.650. The van der Waals surface area contributed by atoms with Gasteiger partial charge in [0.1, 0.15) is 5.75 Å². The third-order valence-corrected chi connectivity index (χ3v) is 3.02. The molecule has 0 saturated carbocycles. The summed E-state index contributed by atoms with van der Waals surface area (Å²) in [6.45, 7) is 0.813. The van der Waals surface area contributed by atoms with Crippen molar-refractivity contribution in [1.82, 2.24) is 10.2 Å². The lowest BCUT2D eigenvalue weighted by molar-refractivity contribution is -0.130. The van der Waals surface area contributed by atoms with Crippen LogP contribution in [0.3, 0.4) is 0 Å². The average Bonchev–Trinajstić information content (AvgIpc) is 2.29. The molecule has 0 heterocycles. The van der Waals surface area contributed by atoms with E-state index in [4.69, 9.17) is 4.74 Å². The van der Waals surface area contributed by atoms with E-state index in [0.29, 0.717) is 5.75 Å². The Labute approximate surface area is 110 Å². The maximum atomic E-state index is 11.4. The Kier molecular flexibility index (Phi) is 5.44. The van der Waals surface area contributed by atoms with Gasteiger partial charge in [-0.15, -0.1) is 0 Å².